The molecule has 2 rings (SSSR count). The average Bonchev–Trinajstić information content (AvgIpc) is 2.72. The molecule has 156 valence electrons. The number of methoxy groups -OCH3 is 1. The number of ether oxygens (including phenoxy) is 3. The van der Waals surface area contributed by atoms with Crippen LogP contribution in [0.1, 0.15) is 18.9 Å². The molecule has 1 aliphatic rings. The van der Waals surface area contributed by atoms with Gasteiger partial charge < -0.3 is 28.6 Å². The summed E-state index contributed by atoms with van der Waals surface area (Å²) in [4.78, 5) is 24.2. The zero-order valence-corrected chi connectivity index (χ0v) is 17.3. The molecular formula is C18H26NO8P. The van der Waals surface area contributed by atoms with Crippen LogP contribution in [0.3, 0.4) is 0 Å². The molecule has 10 heteroatoms. The Morgan fingerprint density at radius 1 is 1.21 bits per heavy atom. The van der Waals surface area contributed by atoms with Crippen LogP contribution in [0.2, 0.25) is 0 Å². The second-order valence-corrected chi connectivity index (χ2v) is 8.74. The van der Waals surface area contributed by atoms with Crippen LogP contribution < -0.4 is 5.32 Å². The molecule has 0 aromatic heterocycles. The molecule has 0 unspecified atom stereocenters. The summed E-state index contributed by atoms with van der Waals surface area (Å²) in [6.45, 7) is 1.46. The molecule has 0 aliphatic carbocycles. The number of hydrogen-bond acceptors (Lipinski definition) is 8. The standard InChI is InChI=1S/C18H26NO8P/c1-13(20)19-15-12-27-18(17(21)23-2,28(22,24-3)25-4)10-16(15)26-11-14-8-6-5-7-9-14/h5-9,15-16H,10-12H2,1-4H3,(H,19,20)/t15-,16-,18+/m0/s1. The second kappa shape index (κ2) is 9.62. The van der Waals surface area contributed by atoms with E-state index < -0.39 is 31.1 Å². The van der Waals surface area contributed by atoms with Crippen molar-refractivity contribution in [2.75, 3.05) is 27.9 Å². The lowest BCUT2D eigenvalue weighted by Gasteiger charge is -2.43. The molecule has 1 aromatic carbocycles. The number of carbonyl (C=O) groups is 2. The van der Waals surface area contributed by atoms with Crippen LogP contribution in [0.15, 0.2) is 30.3 Å². The molecule has 1 saturated heterocycles. The molecule has 1 fully saturated rings. The van der Waals surface area contributed by atoms with E-state index in [0.29, 0.717) is 0 Å². The maximum atomic E-state index is 13.2. The third-order valence-corrected chi connectivity index (χ3v) is 6.89. The zero-order valence-electron chi connectivity index (χ0n) is 16.4. The first-order chi connectivity index (χ1) is 13.3. The van der Waals surface area contributed by atoms with Gasteiger partial charge in [-0.1, -0.05) is 30.3 Å². The van der Waals surface area contributed by atoms with E-state index in [1.165, 1.54) is 6.92 Å². The lowest BCUT2D eigenvalue weighted by molar-refractivity contribution is -0.178. The van der Waals surface area contributed by atoms with Crippen molar-refractivity contribution in [3.63, 3.8) is 0 Å². The minimum absolute atomic E-state index is 0.134. The summed E-state index contributed by atoms with van der Waals surface area (Å²) < 4.78 is 39.7. The Balaban J connectivity index is 2.33. The van der Waals surface area contributed by atoms with E-state index in [9.17, 15) is 14.2 Å². The molecule has 1 N–H and O–H groups in total. The van der Waals surface area contributed by atoms with Crippen LogP contribution in [-0.4, -0.2) is 57.3 Å². The van der Waals surface area contributed by atoms with E-state index in [1.54, 1.807) is 0 Å². The lowest BCUT2D eigenvalue weighted by Crippen LogP contribution is -2.59. The molecule has 0 spiro atoms. The number of benzene rings is 1. The highest BCUT2D eigenvalue weighted by atomic mass is 31.2. The van der Waals surface area contributed by atoms with Crippen LogP contribution in [-0.2, 0) is 44.0 Å². The molecule has 28 heavy (non-hydrogen) atoms. The molecule has 3 atom stereocenters. The molecule has 0 radical (unpaired) electrons. The summed E-state index contributed by atoms with van der Waals surface area (Å²) in [5.41, 5.74) is 0.904. The Kier molecular flexibility index (Phi) is 7.74. The summed E-state index contributed by atoms with van der Waals surface area (Å²) in [6, 6.07) is 8.84. The van der Waals surface area contributed by atoms with Gasteiger partial charge in [-0.3, -0.25) is 9.36 Å². The van der Waals surface area contributed by atoms with Crippen molar-refractivity contribution in [2.24, 2.45) is 0 Å². The number of hydrogen-bond donors (Lipinski definition) is 1. The zero-order chi connectivity index (χ0) is 20.8. The summed E-state index contributed by atoms with van der Waals surface area (Å²) >= 11 is 0. The third kappa shape index (κ3) is 4.61. The van der Waals surface area contributed by atoms with Gasteiger partial charge in [0, 0.05) is 27.6 Å². The molecule has 0 saturated carbocycles. The van der Waals surface area contributed by atoms with Crippen molar-refractivity contribution in [2.45, 2.75) is 37.4 Å². The smallest absolute Gasteiger partial charge is 0.373 e. The van der Waals surface area contributed by atoms with E-state index in [2.05, 4.69) is 5.32 Å². The number of carbonyl (C=O) groups excluding carboxylic acids is 2. The summed E-state index contributed by atoms with van der Waals surface area (Å²) in [6.07, 6.45) is -0.883. The largest absolute Gasteiger partial charge is 0.466 e. The van der Waals surface area contributed by atoms with Gasteiger partial charge in [-0.15, -0.1) is 0 Å². The number of rotatable bonds is 8. The van der Waals surface area contributed by atoms with E-state index in [-0.39, 0.29) is 25.5 Å². The lowest BCUT2D eigenvalue weighted by atomic mass is 10.00. The average molecular weight is 415 g/mol. The van der Waals surface area contributed by atoms with E-state index in [0.717, 1.165) is 26.9 Å². The third-order valence-electron chi connectivity index (χ3n) is 4.55. The van der Waals surface area contributed by atoms with Gasteiger partial charge in [0.15, 0.2) is 0 Å². The van der Waals surface area contributed by atoms with Gasteiger partial charge in [0.05, 0.1) is 32.5 Å². The van der Waals surface area contributed by atoms with Crippen LogP contribution in [0.25, 0.3) is 0 Å². The van der Waals surface area contributed by atoms with Gasteiger partial charge in [-0.2, -0.15) is 0 Å². The van der Waals surface area contributed by atoms with Gasteiger partial charge >= 0.3 is 13.6 Å². The molecular weight excluding hydrogens is 389 g/mol. The van der Waals surface area contributed by atoms with E-state index in [1.807, 2.05) is 30.3 Å². The van der Waals surface area contributed by atoms with Crippen LogP contribution >= 0.6 is 7.60 Å². The summed E-state index contributed by atoms with van der Waals surface area (Å²) in [5.74, 6) is -1.18. The molecule has 1 aromatic rings. The number of nitrogens with one attached hydrogen (secondary N) is 1. The van der Waals surface area contributed by atoms with E-state index in [4.69, 9.17) is 23.3 Å². The van der Waals surface area contributed by atoms with Gasteiger partial charge in [-0.25, -0.2) is 4.79 Å². The summed E-state index contributed by atoms with van der Waals surface area (Å²) in [5, 5.41) is 0.739. The van der Waals surface area contributed by atoms with Gasteiger partial charge in [0.2, 0.25) is 5.91 Å². The Morgan fingerprint density at radius 2 is 1.86 bits per heavy atom. The predicted molar refractivity (Wildman–Crippen MR) is 99.6 cm³/mol. The predicted octanol–water partition coefficient (Wildman–Crippen LogP) is 1.85. The molecule has 0 bridgehead atoms. The summed E-state index contributed by atoms with van der Waals surface area (Å²) in [7, 11) is -0.558. The second-order valence-electron chi connectivity index (χ2n) is 6.30. The van der Waals surface area contributed by atoms with Crippen molar-refractivity contribution in [3.05, 3.63) is 35.9 Å². The van der Waals surface area contributed by atoms with Gasteiger partial charge in [-0.05, 0) is 5.56 Å². The topological polar surface area (TPSA) is 109 Å². The highest BCUT2D eigenvalue weighted by Crippen LogP contribution is 2.63. The van der Waals surface area contributed by atoms with Crippen molar-refractivity contribution >= 4 is 19.5 Å². The Bertz CT molecular complexity index is 720. The molecule has 1 heterocycles. The Hall–Kier alpha value is -1.77. The first kappa shape index (κ1) is 22.5. The molecule has 9 nitrogen and oxygen atoms in total. The van der Waals surface area contributed by atoms with Gasteiger partial charge in [0.25, 0.3) is 5.34 Å². The Labute approximate surface area is 164 Å². The van der Waals surface area contributed by atoms with E-state index >= 15 is 0 Å². The number of esters is 1. The first-order valence-electron chi connectivity index (χ1n) is 8.68. The first-order valence-corrected chi connectivity index (χ1v) is 10.2. The fourth-order valence-corrected chi connectivity index (χ4v) is 4.82. The quantitative estimate of drug-likeness (QED) is 0.506. The number of amides is 1. The fraction of sp³-hybridized carbons (Fsp3) is 0.556. The maximum Gasteiger partial charge on any atom is 0.373 e. The molecule has 1 amide bonds. The van der Waals surface area contributed by atoms with Gasteiger partial charge in [0.1, 0.15) is 0 Å². The van der Waals surface area contributed by atoms with Crippen LogP contribution in [0.4, 0.5) is 0 Å². The van der Waals surface area contributed by atoms with Crippen molar-refractivity contribution < 1.29 is 37.4 Å². The normalized spacial score (nSPS) is 25.1. The fourth-order valence-electron chi connectivity index (χ4n) is 3.13. The SMILES string of the molecule is COC(=O)[C@]1(P(=O)(OC)OC)C[C@H](OCc2ccccc2)[C@@H](NC(C)=O)CO1. The van der Waals surface area contributed by atoms with Crippen molar-refractivity contribution in [1.29, 1.82) is 0 Å². The minimum atomic E-state index is -4.04. The van der Waals surface area contributed by atoms with Crippen molar-refractivity contribution in [3.8, 4) is 0 Å². The van der Waals surface area contributed by atoms with Crippen LogP contribution in [0, 0.1) is 0 Å². The highest BCUT2D eigenvalue weighted by molar-refractivity contribution is 7.56. The van der Waals surface area contributed by atoms with Crippen LogP contribution in [0.5, 0.6) is 0 Å². The van der Waals surface area contributed by atoms with Crippen molar-refractivity contribution in [1.82, 2.24) is 5.32 Å². The minimum Gasteiger partial charge on any atom is -0.466 e. The maximum absolute atomic E-state index is 13.2. The molecule has 1 aliphatic heterocycles. The highest BCUT2D eigenvalue weighted by Gasteiger charge is 2.63. The monoisotopic (exact) mass is 415 g/mol. The Morgan fingerprint density at radius 3 is 2.39 bits per heavy atom.